The van der Waals surface area contributed by atoms with Gasteiger partial charge in [0.1, 0.15) is 6.10 Å². The average Bonchev–Trinajstić information content (AvgIpc) is 2.35. The Labute approximate surface area is 93.4 Å². The van der Waals surface area contributed by atoms with E-state index in [1.54, 1.807) is 24.3 Å². The zero-order chi connectivity index (χ0) is 12.1. The van der Waals surface area contributed by atoms with Gasteiger partial charge >= 0.3 is 5.97 Å². The summed E-state index contributed by atoms with van der Waals surface area (Å²) < 4.78 is 4.45. The molecule has 16 heavy (non-hydrogen) atoms. The molecule has 0 aromatic heterocycles. The summed E-state index contributed by atoms with van der Waals surface area (Å²) in [6.07, 6.45) is -1.22. The lowest BCUT2D eigenvalue weighted by Gasteiger charge is -2.13. The van der Waals surface area contributed by atoms with E-state index in [0.717, 1.165) is 0 Å². The summed E-state index contributed by atoms with van der Waals surface area (Å²) in [7, 11) is 1.20. The van der Waals surface area contributed by atoms with Crippen LogP contribution in [0.25, 0.3) is 0 Å². The fraction of sp³-hybridized carbons (Fsp3) is 0.167. The number of nitrogens with zero attached hydrogens (tertiary/aromatic N) is 1. The Morgan fingerprint density at radius 1 is 1.56 bits per heavy atom. The zero-order valence-electron chi connectivity index (χ0n) is 8.80. The molecule has 1 unspecified atom stereocenters. The van der Waals surface area contributed by atoms with Gasteiger partial charge in [-0.25, -0.2) is 4.79 Å². The van der Waals surface area contributed by atoms with Gasteiger partial charge in [-0.15, -0.1) is 0 Å². The van der Waals surface area contributed by atoms with Gasteiger partial charge in [-0.1, -0.05) is 24.8 Å². The van der Waals surface area contributed by atoms with E-state index in [-0.39, 0.29) is 5.57 Å². The van der Waals surface area contributed by atoms with E-state index >= 15 is 0 Å². The number of hydrogen-bond acceptors (Lipinski definition) is 4. The first-order chi connectivity index (χ1) is 7.61. The third kappa shape index (κ3) is 2.27. The highest BCUT2D eigenvalue weighted by atomic mass is 16.5. The number of esters is 1. The molecule has 0 saturated heterocycles. The highest BCUT2D eigenvalue weighted by molar-refractivity contribution is 5.89. The summed E-state index contributed by atoms with van der Waals surface area (Å²) in [4.78, 5) is 11.2. The van der Waals surface area contributed by atoms with Crippen molar-refractivity contribution in [2.45, 2.75) is 6.10 Å². The minimum absolute atomic E-state index is 0.0924. The summed E-state index contributed by atoms with van der Waals surface area (Å²) in [6.45, 7) is 3.44. The molecule has 1 rings (SSSR count). The maximum Gasteiger partial charge on any atom is 0.336 e. The number of nitriles is 1. The first kappa shape index (κ1) is 12.0. The molecule has 0 aliphatic rings. The number of methoxy groups -OCH3 is 1. The van der Waals surface area contributed by atoms with Crippen LogP contribution in [-0.4, -0.2) is 18.2 Å². The largest absolute Gasteiger partial charge is 0.466 e. The van der Waals surface area contributed by atoms with E-state index in [0.29, 0.717) is 11.1 Å². The van der Waals surface area contributed by atoms with Crippen molar-refractivity contribution in [3.8, 4) is 6.07 Å². The standard InChI is InChI=1S/C12H11NO3/c1-8(12(15)16-2)11(14)10-6-4-3-5-9(10)7-13/h3-6,11,14H,1H2,2H3. The van der Waals surface area contributed by atoms with Crippen molar-refractivity contribution >= 4 is 5.97 Å². The minimum Gasteiger partial charge on any atom is -0.466 e. The van der Waals surface area contributed by atoms with Crippen molar-refractivity contribution in [1.82, 2.24) is 0 Å². The van der Waals surface area contributed by atoms with Crippen LogP contribution >= 0.6 is 0 Å². The van der Waals surface area contributed by atoms with E-state index in [2.05, 4.69) is 11.3 Å². The third-order valence-electron chi connectivity index (χ3n) is 2.15. The van der Waals surface area contributed by atoms with Crippen LogP contribution in [0.5, 0.6) is 0 Å². The number of aliphatic hydroxyl groups excluding tert-OH is 1. The van der Waals surface area contributed by atoms with Crippen LogP contribution in [0.3, 0.4) is 0 Å². The molecule has 0 aliphatic heterocycles. The molecular weight excluding hydrogens is 206 g/mol. The third-order valence-corrected chi connectivity index (χ3v) is 2.15. The van der Waals surface area contributed by atoms with Gasteiger partial charge in [0.25, 0.3) is 0 Å². The number of benzene rings is 1. The smallest absolute Gasteiger partial charge is 0.336 e. The monoisotopic (exact) mass is 217 g/mol. The fourth-order valence-corrected chi connectivity index (χ4v) is 1.27. The van der Waals surface area contributed by atoms with E-state index in [1.165, 1.54) is 7.11 Å². The normalized spacial score (nSPS) is 11.3. The van der Waals surface area contributed by atoms with Crippen LogP contribution < -0.4 is 0 Å². The molecule has 1 aromatic carbocycles. The van der Waals surface area contributed by atoms with Crippen molar-refractivity contribution in [1.29, 1.82) is 5.26 Å². The van der Waals surface area contributed by atoms with Crippen LogP contribution in [-0.2, 0) is 9.53 Å². The van der Waals surface area contributed by atoms with E-state index in [4.69, 9.17) is 5.26 Å². The average molecular weight is 217 g/mol. The van der Waals surface area contributed by atoms with Crippen molar-refractivity contribution in [3.63, 3.8) is 0 Å². The molecule has 0 spiro atoms. The Bertz CT molecular complexity index is 460. The van der Waals surface area contributed by atoms with Crippen LogP contribution in [0.4, 0.5) is 0 Å². The fourth-order valence-electron chi connectivity index (χ4n) is 1.27. The molecule has 0 aliphatic carbocycles. The Balaban J connectivity index is 3.06. The quantitative estimate of drug-likeness (QED) is 0.612. The van der Waals surface area contributed by atoms with Crippen LogP contribution in [0.2, 0.25) is 0 Å². The molecule has 0 amide bonds. The SMILES string of the molecule is C=C(C(=O)OC)C(O)c1ccccc1C#N. The van der Waals surface area contributed by atoms with Crippen molar-refractivity contribution < 1.29 is 14.6 Å². The molecule has 0 fully saturated rings. The van der Waals surface area contributed by atoms with Crippen molar-refractivity contribution in [2.75, 3.05) is 7.11 Å². The molecule has 82 valence electrons. The Morgan fingerprint density at radius 3 is 2.75 bits per heavy atom. The second kappa shape index (κ2) is 5.10. The molecule has 0 heterocycles. The maximum absolute atomic E-state index is 11.2. The zero-order valence-corrected chi connectivity index (χ0v) is 8.80. The summed E-state index contributed by atoms with van der Waals surface area (Å²) >= 11 is 0. The van der Waals surface area contributed by atoms with E-state index < -0.39 is 12.1 Å². The van der Waals surface area contributed by atoms with Gasteiger partial charge < -0.3 is 9.84 Å². The minimum atomic E-state index is -1.22. The highest BCUT2D eigenvalue weighted by Crippen LogP contribution is 2.23. The number of hydrogen-bond donors (Lipinski definition) is 1. The number of rotatable bonds is 3. The summed E-state index contributed by atoms with van der Waals surface area (Å²) in [5.74, 6) is -0.694. The van der Waals surface area contributed by atoms with Gasteiger partial charge in [0.05, 0.1) is 24.3 Å². The first-order valence-corrected chi connectivity index (χ1v) is 4.56. The highest BCUT2D eigenvalue weighted by Gasteiger charge is 2.20. The molecule has 4 heteroatoms. The Hall–Kier alpha value is -2.12. The molecule has 0 bridgehead atoms. The second-order valence-corrected chi connectivity index (χ2v) is 3.12. The summed E-state index contributed by atoms with van der Waals surface area (Å²) in [6, 6.07) is 8.41. The van der Waals surface area contributed by atoms with Gasteiger partial charge in [-0.2, -0.15) is 5.26 Å². The molecule has 1 atom stereocenters. The second-order valence-electron chi connectivity index (χ2n) is 3.12. The van der Waals surface area contributed by atoms with Crippen LogP contribution in [0.15, 0.2) is 36.4 Å². The van der Waals surface area contributed by atoms with Gasteiger partial charge in [0.15, 0.2) is 0 Å². The molecule has 0 radical (unpaired) electrons. The molecule has 1 N–H and O–H groups in total. The van der Waals surface area contributed by atoms with Gasteiger partial charge in [-0.05, 0) is 6.07 Å². The molecular formula is C12H11NO3. The van der Waals surface area contributed by atoms with Crippen LogP contribution in [0.1, 0.15) is 17.2 Å². The Kier molecular flexibility index (Phi) is 3.81. The molecule has 1 aromatic rings. The van der Waals surface area contributed by atoms with Gasteiger partial charge in [0.2, 0.25) is 0 Å². The maximum atomic E-state index is 11.2. The first-order valence-electron chi connectivity index (χ1n) is 4.56. The summed E-state index contributed by atoms with van der Waals surface area (Å²) in [5.41, 5.74) is 0.561. The van der Waals surface area contributed by atoms with E-state index in [9.17, 15) is 9.90 Å². The lowest BCUT2D eigenvalue weighted by molar-refractivity contribution is -0.137. The Morgan fingerprint density at radius 2 is 2.19 bits per heavy atom. The van der Waals surface area contributed by atoms with Gasteiger partial charge in [0, 0.05) is 5.56 Å². The number of carbonyl (C=O) groups is 1. The van der Waals surface area contributed by atoms with Crippen molar-refractivity contribution in [3.05, 3.63) is 47.5 Å². The lowest BCUT2D eigenvalue weighted by atomic mass is 9.98. The summed E-state index contributed by atoms with van der Waals surface area (Å²) in [5, 5.41) is 18.7. The number of carbonyl (C=O) groups excluding carboxylic acids is 1. The van der Waals surface area contributed by atoms with Gasteiger partial charge in [-0.3, -0.25) is 0 Å². The predicted molar refractivity (Wildman–Crippen MR) is 57.3 cm³/mol. The van der Waals surface area contributed by atoms with E-state index in [1.807, 2.05) is 6.07 Å². The number of ether oxygens (including phenoxy) is 1. The predicted octanol–water partition coefficient (Wildman–Crippen LogP) is 1.32. The lowest BCUT2D eigenvalue weighted by Crippen LogP contribution is -2.12. The van der Waals surface area contributed by atoms with Crippen molar-refractivity contribution in [2.24, 2.45) is 0 Å². The number of aliphatic hydroxyl groups is 1. The topological polar surface area (TPSA) is 70.3 Å². The molecule has 4 nitrogen and oxygen atoms in total. The van der Waals surface area contributed by atoms with Crippen LogP contribution in [0, 0.1) is 11.3 Å². The molecule has 0 saturated carbocycles.